The molecule has 2 heterocycles. The molecule has 0 aromatic heterocycles. The van der Waals surface area contributed by atoms with Crippen molar-refractivity contribution >= 4 is 35.3 Å². The predicted molar refractivity (Wildman–Crippen MR) is 77.0 cm³/mol. The summed E-state index contributed by atoms with van der Waals surface area (Å²) in [7, 11) is 0. The molecule has 0 aliphatic carbocycles. The van der Waals surface area contributed by atoms with Crippen LogP contribution in [0.3, 0.4) is 0 Å². The third kappa shape index (κ3) is 3.57. The van der Waals surface area contributed by atoms with Crippen LogP contribution in [0.4, 0.5) is 0 Å². The Balaban J connectivity index is 1.96. The normalized spacial score (nSPS) is 29.9. The van der Waals surface area contributed by atoms with Crippen LogP contribution in [0.2, 0.25) is 0 Å². The first kappa shape index (κ1) is 14.1. The lowest BCUT2D eigenvalue weighted by Crippen LogP contribution is -2.46. The van der Waals surface area contributed by atoms with E-state index in [0.717, 1.165) is 12.3 Å². The maximum absolute atomic E-state index is 12.3. The van der Waals surface area contributed by atoms with Crippen LogP contribution in [-0.4, -0.2) is 58.4 Å². The topological polar surface area (TPSA) is 49.4 Å². The lowest BCUT2D eigenvalue weighted by atomic mass is 10.2. The number of amides is 2. The van der Waals surface area contributed by atoms with E-state index in [0.29, 0.717) is 24.6 Å². The zero-order valence-corrected chi connectivity index (χ0v) is 12.3. The number of rotatable bonds is 3. The third-order valence-corrected chi connectivity index (χ3v) is 6.10. The fraction of sp³-hybridized carbons (Fsp3) is 0.833. The van der Waals surface area contributed by atoms with Crippen LogP contribution in [0.15, 0.2) is 0 Å². The Morgan fingerprint density at radius 2 is 2.22 bits per heavy atom. The van der Waals surface area contributed by atoms with Gasteiger partial charge in [0.1, 0.15) is 6.04 Å². The predicted octanol–water partition coefficient (Wildman–Crippen LogP) is 0.962. The van der Waals surface area contributed by atoms with Gasteiger partial charge in [0.05, 0.1) is 0 Å². The van der Waals surface area contributed by atoms with Crippen molar-refractivity contribution in [3.05, 3.63) is 0 Å². The van der Waals surface area contributed by atoms with Gasteiger partial charge in [0.2, 0.25) is 11.8 Å². The Kier molecular flexibility index (Phi) is 5.24. The summed E-state index contributed by atoms with van der Waals surface area (Å²) >= 11 is 3.92. The summed E-state index contributed by atoms with van der Waals surface area (Å²) in [6, 6.07) is -0.318. The number of hydrogen-bond acceptors (Lipinski definition) is 4. The second-order valence-corrected chi connectivity index (χ2v) is 7.19. The van der Waals surface area contributed by atoms with Crippen molar-refractivity contribution in [2.24, 2.45) is 0 Å². The summed E-state index contributed by atoms with van der Waals surface area (Å²) in [5.41, 5.74) is 0. The minimum atomic E-state index is -0.318. The number of carbonyl (C=O) groups excluding carboxylic acids is 2. The Bertz CT molecular complexity index is 319. The van der Waals surface area contributed by atoms with Gasteiger partial charge in [-0.15, -0.1) is 0 Å². The summed E-state index contributed by atoms with van der Waals surface area (Å²) in [5, 5.41) is 3.33. The first-order valence-electron chi connectivity index (χ1n) is 6.48. The van der Waals surface area contributed by atoms with E-state index in [9.17, 15) is 9.59 Å². The van der Waals surface area contributed by atoms with E-state index in [2.05, 4.69) is 5.32 Å². The average Bonchev–Trinajstić information content (AvgIpc) is 2.53. The quantitative estimate of drug-likeness (QED) is 0.840. The SMILES string of the molecule is CCC1NC(=O)CCN(CC2CSCCS2)C1=O. The van der Waals surface area contributed by atoms with E-state index in [1.807, 2.05) is 35.3 Å². The van der Waals surface area contributed by atoms with Gasteiger partial charge >= 0.3 is 0 Å². The zero-order chi connectivity index (χ0) is 13.0. The van der Waals surface area contributed by atoms with Crippen LogP contribution >= 0.6 is 23.5 Å². The standard InChI is InChI=1S/C12H20N2O2S2/c1-2-10-12(16)14(4-3-11(15)13-10)7-9-8-17-5-6-18-9/h9-10H,2-8H2,1H3,(H,13,15). The molecular weight excluding hydrogens is 268 g/mol. The summed E-state index contributed by atoms with van der Waals surface area (Å²) in [5.74, 6) is 3.60. The molecule has 2 saturated heterocycles. The van der Waals surface area contributed by atoms with Gasteiger partial charge in [0, 0.05) is 42.0 Å². The van der Waals surface area contributed by atoms with E-state index in [1.165, 1.54) is 11.5 Å². The molecule has 2 amide bonds. The van der Waals surface area contributed by atoms with Gasteiger partial charge in [0.25, 0.3) is 0 Å². The minimum absolute atomic E-state index is 0.00312. The van der Waals surface area contributed by atoms with Gasteiger partial charge in [-0.1, -0.05) is 6.92 Å². The van der Waals surface area contributed by atoms with Gasteiger partial charge in [-0.25, -0.2) is 0 Å². The van der Waals surface area contributed by atoms with Gasteiger partial charge < -0.3 is 10.2 Å². The summed E-state index contributed by atoms with van der Waals surface area (Å²) < 4.78 is 0. The molecule has 18 heavy (non-hydrogen) atoms. The summed E-state index contributed by atoms with van der Waals surface area (Å²) in [4.78, 5) is 25.7. The van der Waals surface area contributed by atoms with Crippen molar-refractivity contribution in [3.8, 4) is 0 Å². The molecule has 1 N–H and O–H groups in total. The highest BCUT2D eigenvalue weighted by Gasteiger charge is 2.30. The van der Waals surface area contributed by atoms with Crippen LogP contribution in [0.5, 0.6) is 0 Å². The van der Waals surface area contributed by atoms with E-state index in [-0.39, 0.29) is 17.9 Å². The molecule has 2 rings (SSSR count). The lowest BCUT2D eigenvalue weighted by Gasteiger charge is -2.29. The van der Waals surface area contributed by atoms with E-state index >= 15 is 0 Å². The second-order valence-electron chi connectivity index (χ2n) is 4.63. The first-order chi connectivity index (χ1) is 8.70. The van der Waals surface area contributed by atoms with Gasteiger partial charge in [-0.05, 0) is 6.42 Å². The fourth-order valence-electron chi connectivity index (χ4n) is 2.24. The molecule has 0 bridgehead atoms. The molecule has 6 heteroatoms. The smallest absolute Gasteiger partial charge is 0.245 e. The fourth-order valence-corrected chi connectivity index (χ4v) is 4.92. The maximum atomic E-state index is 12.3. The first-order valence-corrected chi connectivity index (χ1v) is 8.68. The van der Waals surface area contributed by atoms with Gasteiger partial charge in [-0.2, -0.15) is 23.5 Å². The van der Waals surface area contributed by atoms with Crippen molar-refractivity contribution in [3.63, 3.8) is 0 Å². The van der Waals surface area contributed by atoms with Crippen molar-refractivity contribution < 1.29 is 9.59 Å². The van der Waals surface area contributed by atoms with Crippen LogP contribution in [0.1, 0.15) is 19.8 Å². The lowest BCUT2D eigenvalue weighted by molar-refractivity contribution is -0.133. The van der Waals surface area contributed by atoms with Crippen molar-refractivity contribution in [2.45, 2.75) is 31.1 Å². The molecule has 2 aliphatic heterocycles. The van der Waals surface area contributed by atoms with Crippen LogP contribution < -0.4 is 5.32 Å². The Morgan fingerprint density at radius 3 is 2.89 bits per heavy atom. The Labute approximate surface area is 117 Å². The van der Waals surface area contributed by atoms with Gasteiger partial charge in [0.15, 0.2) is 0 Å². The molecule has 2 aliphatic rings. The van der Waals surface area contributed by atoms with E-state index < -0.39 is 0 Å². The molecule has 4 nitrogen and oxygen atoms in total. The third-order valence-electron chi connectivity index (χ3n) is 3.27. The van der Waals surface area contributed by atoms with Crippen LogP contribution in [0, 0.1) is 0 Å². The highest BCUT2D eigenvalue weighted by Crippen LogP contribution is 2.25. The zero-order valence-electron chi connectivity index (χ0n) is 10.7. The van der Waals surface area contributed by atoms with Crippen molar-refractivity contribution in [2.75, 3.05) is 30.3 Å². The minimum Gasteiger partial charge on any atom is -0.344 e. The Hall–Kier alpha value is -0.360. The highest BCUT2D eigenvalue weighted by molar-refractivity contribution is 8.06. The highest BCUT2D eigenvalue weighted by atomic mass is 32.2. The molecule has 102 valence electrons. The molecular formula is C12H20N2O2S2. The maximum Gasteiger partial charge on any atom is 0.245 e. The number of carbonyl (C=O) groups is 2. The molecule has 0 spiro atoms. The number of thioether (sulfide) groups is 2. The van der Waals surface area contributed by atoms with Gasteiger partial charge in [-0.3, -0.25) is 9.59 Å². The largest absolute Gasteiger partial charge is 0.344 e. The van der Waals surface area contributed by atoms with E-state index in [4.69, 9.17) is 0 Å². The van der Waals surface area contributed by atoms with Crippen molar-refractivity contribution in [1.82, 2.24) is 10.2 Å². The molecule has 0 aromatic carbocycles. The molecule has 0 radical (unpaired) electrons. The molecule has 0 saturated carbocycles. The second kappa shape index (κ2) is 6.70. The average molecular weight is 288 g/mol. The Morgan fingerprint density at radius 1 is 1.39 bits per heavy atom. The summed E-state index contributed by atoms with van der Waals surface area (Å²) in [6.07, 6.45) is 1.11. The molecule has 2 unspecified atom stereocenters. The number of hydrogen-bond donors (Lipinski definition) is 1. The molecule has 0 aromatic rings. The van der Waals surface area contributed by atoms with Crippen LogP contribution in [0.25, 0.3) is 0 Å². The van der Waals surface area contributed by atoms with Crippen molar-refractivity contribution in [1.29, 1.82) is 0 Å². The monoisotopic (exact) mass is 288 g/mol. The number of nitrogens with zero attached hydrogens (tertiary/aromatic N) is 1. The molecule has 2 fully saturated rings. The van der Waals surface area contributed by atoms with Crippen LogP contribution in [-0.2, 0) is 9.59 Å². The number of nitrogens with one attached hydrogen (secondary N) is 1. The summed E-state index contributed by atoms with van der Waals surface area (Å²) in [6.45, 7) is 3.31. The van der Waals surface area contributed by atoms with E-state index in [1.54, 1.807) is 0 Å². The molecule has 2 atom stereocenters.